The van der Waals surface area contributed by atoms with Crippen molar-refractivity contribution in [3.8, 4) is 5.75 Å². The van der Waals surface area contributed by atoms with Crippen molar-refractivity contribution < 1.29 is 23.8 Å². The Bertz CT molecular complexity index is 1530. The van der Waals surface area contributed by atoms with E-state index >= 15 is 0 Å². The second kappa shape index (κ2) is 10.2. The minimum absolute atomic E-state index is 0.0179. The molecule has 0 radical (unpaired) electrons. The Balaban J connectivity index is 1.63. The number of carbonyl (C=O) groups excluding carboxylic acids is 2. The molecule has 1 saturated heterocycles. The summed E-state index contributed by atoms with van der Waals surface area (Å²) in [4.78, 5) is 28.3. The van der Waals surface area contributed by atoms with Gasteiger partial charge >= 0.3 is 0 Å². The molecule has 0 spiro atoms. The zero-order valence-electron chi connectivity index (χ0n) is 21.5. The summed E-state index contributed by atoms with van der Waals surface area (Å²) < 4.78 is 21.2. The molecule has 7 heteroatoms. The molecule has 6 nitrogen and oxygen atoms in total. The number of carbonyl (C=O) groups is 2. The highest BCUT2D eigenvalue weighted by Crippen LogP contribution is 2.43. The third kappa shape index (κ3) is 4.67. The number of halogens is 1. The standard InChI is InChI=1S/C31H29FN2O4/c1-19(2)18-38-23-14-10-21(11-15-23)29(35)27-28(25-17-33(3)26-7-5-4-6-24(25)26)34(31(37)30(27)36)16-20-8-12-22(32)13-9-20/h4-15,17,19,28,35H,16,18H2,1-3H3/b29-27+. The van der Waals surface area contributed by atoms with Gasteiger partial charge in [-0.1, -0.05) is 44.2 Å². The average Bonchev–Trinajstić information content (AvgIpc) is 3.37. The molecule has 38 heavy (non-hydrogen) atoms. The second-order valence-corrected chi connectivity index (χ2v) is 10.00. The predicted molar refractivity (Wildman–Crippen MR) is 144 cm³/mol. The number of nitrogens with zero attached hydrogens (tertiary/aromatic N) is 2. The molecule has 1 atom stereocenters. The fraction of sp³-hybridized carbons (Fsp3) is 0.226. The highest BCUT2D eigenvalue weighted by molar-refractivity contribution is 6.46. The number of rotatable bonds is 7. The lowest BCUT2D eigenvalue weighted by Crippen LogP contribution is -2.29. The van der Waals surface area contributed by atoms with Crippen LogP contribution < -0.4 is 4.74 Å². The molecule has 5 rings (SSSR count). The molecule has 4 aromatic rings. The number of aromatic nitrogens is 1. The van der Waals surface area contributed by atoms with Crippen LogP contribution in [0.5, 0.6) is 5.75 Å². The van der Waals surface area contributed by atoms with Crippen molar-refractivity contribution in [1.29, 1.82) is 0 Å². The van der Waals surface area contributed by atoms with Crippen LogP contribution >= 0.6 is 0 Å². The molecule has 1 aliphatic rings. The third-order valence-corrected chi connectivity index (χ3v) is 6.74. The van der Waals surface area contributed by atoms with Crippen LogP contribution in [-0.4, -0.2) is 32.9 Å². The molecule has 3 aromatic carbocycles. The maximum absolute atomic E-state index is 13.5. The van der Waals surface area contributed by atoms with E-state index in [0.29, 0.717) is 29.4 Å². The van der Waals surface area contributed by atoms with Crippen molar-refractivity contribution in [3.63, 3.8) is 0 Å². The van der Waals surface area contributed by atoms with E-state index in [-0.39, 0.29) is 23.7 Å². The van der Waals surface area contributed by atoms with Gasteiger partial charge in [0.2, 0.25) is 0 Å². The molecule has 0 aliphatic carbocycles. The maximum Gasteiger partial charge on any atom is 0.295 e. The smallest absolute Gasteiger partial charge is 0.295 e. The van der Waals surface area contributed by atoms with Crippen molar-refractivity contribution in [2.75, 3.05) is 6.61 Å². The number of benzene rings is 3. The van der Waals surface area contributed by atoms with Gasteiger partial charge in [0, 0.05) is 41.8 Å². The van der Waals surface area contributed by atoms with Crippen LogP contribution in [0.2, 0.25) is 0 Å². The molecule has 1 fully saturated rings. The van der Waals surface area contributed by atoms with Gasteiger partial charge in [0.05, 0.1) is 18.2 Å². The molecule has 1 aromatic heterocycles. The Morgan fingerprint density at radius 1 is 1.00 bits per heavy atom. The van der Waals surface area contributed by atoms with Crippen molar-refractivity contribution in [2.24, 2.45) is 13.0 Å². The van der Waals surface area contributed by atoms with Gasteiger partial charge in [-0.05, 0) is 53.9 Å². The number of para-hydroxylation sites is 1. The lowest BCUT2D eigenvalue weighted by atomic mass is 9.94. The number of ketones is 1. The van der Waals surface area contributed by atoms with Crippen LogP contribution in [0.15, 0.2) is 84.6 Å². The minimum atomic E-state index is -0.831. The molecule has 0 bridgehead atoms. The molecule has 194 valence electrons. The number of amides is 1. The number of fused-ring (bicyclic) bond motifs is 1. The topological polar surface area (TPSA) is 71.8 Å². The molecule has 1 N–H and O–H groups in total. The zero-order valence-corrected chi connectivity index (χ0v) is 21.5. The van der Waals surface area contributed by atoms with Crippen molar-refractivity contribution in [3.05, 3.63) is 107 Å². The Morgan fingerprint density at radius 3 is 2.37 bits per heavy atom. The minimum Gasteiger partial charge on any atom is -0.507 e. The number of hydrogen-bond donors (Lipinski definition) is 1. The van der Waals surface area contributed by atoms with Crippen molar-refractivity contribution in [1.82, 2.24) is 9.47 Å². The van der Waals surface area contributed by atoms with Crippen LogP contribution in [0.4, 0.5) is 4.39 Å². The van der Waals surface area contributed by atoms with Crippen LogP contribution in [0.1, 0.15) is 36.6 Å². The van der Waals surface area contributed by atoms with E-state index in [9.17, 15) is 19.1 Å². The molecular formula is C31H29FN2O4. The third-order valence-electron chi connectivity index (χ3n) is 6.74. The molecular weight excluding hydrogens is 483 g/mol. The Kier molecular flexibility index (Phi) is 6.76. The van der Waals surface area contributed by atoms with Gasteiger partial charge in [-0.25, -0.2) is 4.39 Å². The maximum atomic E-state index is 13.5. The Hall–Kier alpha value is -4.39. The van der Waals surface area contributed by atoms with Crippen LogP contribution in [-0.2, 0) is 23.2 Å². The largest absolute Gasteiger partial charge is 0.507 e. The van der Waals surface area contributed by atoms with Gasteiger partial charge in [-0.3, -0.25) is 9.59 Å². The highest BCUT2D eigenvalue weighted by Gasteiger charge is 2.47. The van der Waals surface area contributed by atoms with E-state index in [0.717, 1.165) is 16.5 Å². The first-order valence-electron chi connectivity index (χ1n) is 12.5. The molecule has 1 aliphatic heterocycles. The van der Waals surface area contributed by atoms with E-state index in [1.807, 2.05) is 42.1 Å². The number of hydrogen-bond acceptors (Lipinski definition) is 4. The predicted octanol–water partition coefficient (Wildman–Crippen LogP) is 5.97. The fourth-order valence-corrected chi connectivity index (χ4v) is 4.87. The SMILES string of the molecule is CC(C)COc1ccc(/C(O)=C2\C(=O)C(=O)N(Cc3ccc(F)cc3)C2c2cn(C)c3ccccc23)cc1. The summed E-state index contributed by atoms with van der Waals surface area (Å²) in [6.45, 7) is 4.75. The summed E-state index contributed by atoms with van der Waals surface area (Å²) in [7, 11) is 1.90. The monoisotopic (exact) mass is 512 g/mol. The van der Waals surface area contributed by atoms with Gasteiger partial charge in [0.25, 0.3) is 11.7 Å². The van der Waals surface area contributed by atoms with E-state index in [1.54, 1.807) is 36.4 Å². The normalized spacial score (nSPS) is 17.1. The summed E-state index contributed by atoms with van der Waals surface area (Å²) in [6.07, 6.45) is 1.88. The van der Waals surface area contributed by atoms with E-state index in [1.165, 1.54) is 17.0 Å². The lowest BCUT2D eigenvalue weighted by Gasteiger charge is -2.25. The van der Waals surface area contributed by atoms with Gasteiger partial charge in [0.15, 0.2) is 0 Å². The average molecular weight is 513 g/mol. The van der Waals surface area contributed by atoms with Crippen molar-refractivity contribution in [2.45, 2.75) is 26.4 Å². The molecule has 2 heterocycles. The van der Waals surface area contributed by atoms with Gasteiger partial charge < -0.3 is 19.3 Å². The lowest BCUT2D eigenvalue weighted by molar-refractivity contribution is -0.140. The van der Waals surface area contributed by atoms with Gasteiger partial charge in [0.1, 0.15) is 17.3 Å². The van der Waals surface area contributed by atoms with Gasteiger partial charge in [-0.15, -0.1) is 0 Å². The first kappa shape index (κ1) is 25.3. The van der Waals surface area contributed by atoms with Crippen molar-refractivity contribution >= 4 is 28.4 Å². The summed E-state index contributed by atoms with van der Waals surface area (Å²) in [5, 5.41) is 12.3. The van der Waals surface area contributed by atoms with E-state index in [4.69, 9.17) is 4.74 Å². The zero-order chi connectivity index (χ0) is 27.0. The summed E-state index contributed by atoms with van der Waals surface area (Å²) in [5.41, 5.74) is 2.76. The number of aliphatic hydroxyl groups is 1. The van der Waals surface area contributed by atoms with Crippen LogP contribution in [0.3, 0.4) is 0 Å². The summed E-state index contributed by atoms with van der Waals surface area (Å²) in [5.74, 6) is -1.10. The first-order chi connectivity index (χ1) is 18.2. The molecule has 0 saturated carbocycles. The van der Waals surface area contributed by atoms with E-state index < -0.39 is 17.7 Å². The first-order valence-corrected chi connectivity index (χ1v) is 12.5. The Morgan fingerprint density at radius 2 is 1.68 bits per heavy atom. The fourth-order valence-electron chi connectivity index (χ4n) is 4.87. The summed E-state index contributed by atoms with van der Waals surface area (Å²) in [6, 6.07) is 19.5. The number of aliphatic hydroxyl groups excluding tert-OH is 1. The van der Waals surface area contributed by atoms with E-state index in [2.05, 4.69) is 13.8 Å². The quantitative estimate of drug-likeness (QED) is 0.188. The number of ether oxygens (including phenoxy) is 1. The highest BCUT2D eigenvalue weighted by atomic mass is 19.1. The number of Topliss-reactive ketones (excluding diaryl/α,β-unsaturated/α-hetero) is 1. The number of aryl methyl sites for hydroxylation is 1. The van der Waals surface area contributed by atoms with Crippen LogP contribution in [0, 0.1) is 11.7 Å². The Labute approximate surface area is 220 Å². The second-order valence-electron chi connectivity index (χ2n) is 10.00. The summed E-state index contributed by atoms with van der Waals surface area (Å²) >= 11 is 0. The van der Waals surface area contributed by atoms with Gasteiger partial charge in [-0.2, -0.15) is 0 Å². The number of likely N-dealkylation sites (tertiary alicyclic amines) is 1. The van der Waals surface area contributed by atoms with Crippen LogP contribution in [0.25, 0.3) is 16.7 Å². The molecule has 1 amide bonds. The molecule has 1 unspecified atom stereocenters.